The van der Waals surface area contributed by atoms with Crippen molar-refractivity contribution >= 4 is 33.2 Å². The molecule has 0 saturated heterocycles. The number of nitrogens with one attached hydrogen (secondary N) is 2. The molecule has 0 bridgehead atoms. The molecule has 3 heterocycles. The van der Waals surface area contributed by atoms with Crippen molar-refractivity contribution in [2.75, 3.05) is 5.32 Å². The molecule has 0 saturated carbocycles. The lowest BCUT2D eigenvalue weighted by atomic mass is 10.0. The van der Waals surface area contributed by atoms with Crippen molar-refractivity contribution < 1.29 is 4.39 Å². The van der Waals surface area contributed by atoms with Gasteiger partial charge in [0.05, 0.1) is 5.52 Å². The van der Waals surface area contributed by atoms with Crippen LogP contribution in [0.3, 0.4) is 0 Å². The fourth-order valence-corrected chi connectivity index (χ4v) is 3.16. The Morgan fingerprint density at radius 2 is 1.81 bits per heavy atom. The number of hydrogen-bond donors (Lipinski definition) is 2. The number of para-hydroxylation sites is 1. The van der Waals surface area contributed by atoms with Crippen molar-refractivity contribution in [1.29, 1.82) is 0 Å². The Kier molecular flexibility index (Phi) is 3.50. The van der Waals surface area contributed by atoms with Crippen molar-refractivity contribution in [2.45, 2.75) is 0 Å². The minimum atomic E-state index is -0.284. The number of anilines is 2. The van der Waals surface area contributed by atoms with Gasteiger partial charge in [-0.25, -0.2) is 9.37 Å². The molecule has 0 aliphatic rings. The molecule has 0 atom stereocenters. The molecule has 6 nitrogen and oxygen atoms in total. The molecular weight excluding hydrogens is 343 g/mol. The van der Waals surface area contributed by atoms with Gasteiger partial charge in [-0.05, 0) is 36.4 Å². The average Bonchev–Trinajstić information content (AvgIpc) is 3.24. The molecule has 0 unspecified atom stereocenters. The quantitative estimate of drug-likeness (QED) is 0.467. The van der Waals surface area contributed by atoms with Gasteiger partial charge in [0.2, 0.25) is 0 Å². The number of rotatable bonds is 3. The maximum atomic E-state index is 13.2. The van der Waals surface area contributed by atoms with Crippen molar-refractivity contribution in [3.63, 3.8) is 0 Å². The Morgan fingerprint density at radius 3 is 2.63 bits per heavy atom. The van der Waals surface area contributed by atoms with Gasteiger partial charge >= 0.3 is 0 Å². The monoisotopic (exact) mass is 356 g/mol. The summed E-state index contributed by atoms with van der Waals surface area (Å²) in [5.41, 5.74) is 2.37. The fourth-order valence-electron chi connectivity index (χ4n) is 3.16. The van der Waals surface area contributed by atoms with Gasteiger partial charge in [-0.15, -0.1) is 10.2 Å². The topological polar surface area (TPSA) is 79.4 Å². The Hall–Kier alpha value is -3.87. The van der Waals surface area contributed by atoms with Crippen LogP contribution >= 0.6 is 0 Å². The molecule has 5 rings (SSSR count). The van der Waals surface area contributed by atoms with E-state index in [0.29, 0.717) is 11.6 Å². The standard InChI is InChI=1S/C20H13FN6/c21-12-4-6-13(7-5-12)25-20-15-8-9-22-10-17(15)14-2-1-3-16(18(14)26-20)19-23-11-24-27-19/h1-11H,(H,25,26)(H,23,24,27). The Labute approximate surface area is 153 Å². The second-order valence-corrected chi connectivity index (χ2v) is 6.05. The molecule has 0 amide bonds. The Morgan fingerprint density at radius 1 is 0.926 bits per heavy atom. The number of benzene rings is 2. The summed E-state index contributed by atoms with van der Waals surface area (Å²) in [7, 11) is 0. The average molecular weight is 356 g/mol. The third-order valence-electron chi connectivity index (χ3n) is 4.40. The third-order valence-corrected chi connectivity index (χ3v) is 4.40. The van der Waals surface area contributed by atoms with Crippen LogP contribution in [0, 0.1) is 5.82 Å². The van der Waals surface area contributed by atoms with Gasteiger partial charge in [0, 0.05) is 39.8 Å². The van der Waals surface area contributed by atoms with Crippen molar-refractivity contribution in [3.8, 4) is 11.4 Å². The molecule has 130 valence electrons. The molecule has 0 aliphatic heterocycles. The lowest BCUT2D eigenvalue weighted by Crippen LogP contribution is -1.98. The number of aromatic nitrogens is 5. The second-order valence-electron chi connectivity index (χ2n) is 6.05. The van der Waals surface area contributed by atoms with E-state index >= 15 is 0 Å². The zero-order valence-corrected chi connectivity index (χ0v) is 14.0. The number of halogens is 1. The summed E-state index contributed by atoms with van der Waals surface area (Å²) in [4.78, 5) is 12.2. The van der Waals surface area contributed by atoms with Gasteiger partial charge in [0.1, 0.15) is 18.0 Å². The van der Waals surface area contributed by atoms with E-state index in [2.05, 4.69) is 25.5 Å². The van der Waals surface area contributed by atoms with Crippen LogP contribution in [0.4, 0.5) is 15.9 Å². The Balaban J connectivity index is 1.78. The van der Waals surface area contributed by atoms with E-state index in [-0.39, 0.29) is 5.82 Å². The highest BCUT2D eigenvalue weighted by Gasteiger charge is 2.14. The van der Waals surface area contributed by atoms with E-state index in [4.69, 9.17) is 4.98 Å². The van der Waals surface area contributed by atoms with E-state index in [1.54, 1.807) is 18.3 Å². The van der Waals surface area contributed by atoms with Crippen LogP contribution in [-0.4, -0.2) is 25.1 Å². The van der Waals surface area contributed by atoms with Gasteiger partial charge in [-0.3, -0.25) is 4.98 Å². The van der Waals surface area contributed by atoms with Crippen molar-refractivity contribution in [3.05, 3.63) is 73.1 Å². The van der Waals surface area contributed by atoms with Crippen LogP contribution in [0.1, 0.15) is 0 Å². The summed E-state index contributed by atoms with van der Waals surface area (Å²) in [5.74, 6) is 1.02. The lowest BCUT2D eigenvalue weighted by molar-refractivity contribution is 0.628. The first kappa shape index (κ1) is 15.4. The van der Waals surface area contributed by atoms with Gasteiger partial charge < -0.3 is 10.3 Å². The first-order valence-electron chi connectivity index (χ1n) is 8.35. The molecule has 2 aromatic carbocycles. The largest absolute Gasteiger partial charge is 0.340 e. The van der Waals surface area contributed by atoms with E-state index in [1.807, 2.05) is 30.5 Å². The minimum Gasteiger partial charge on any atom is -0.340 e. The van der Waals surface area contributed by atoms with Crippen LogP contribution in [0.2, 0.25) is 0 Å². The minimum absolute atomic E-state index is 0.284. The number of hydrogen-bond acceptors (Lipinski definition) is 5. The summed E-state index contributed by atoms with van der Waals surface area (Å²) in [6.45, 7) is 0. The molecule has 0 aliphatic carbocycles. The highest BCUT2D eigenvalue weighted by atomic mass is 19.1. The second kappa shape index (κ2) is 6.14. The highest BCUT2D eigenvalue weighted by molar-refractivity contribution is 6.13. The molecule has 3 aromatic heterocycles. The molecule has 7 heteroatoms. The number of aromatic amines is 1. The predicted octanol–water partition coefficient (Wildman–Crippen LogP) is 4.45. The molecule has 0 spiro atoms. The van der Waals surface area contributed by atoms with E-state index in [9.17, 15) is 4.39 Å². The van der Waals surface area contributed by atoms with Gasteiger partial charge in [0.15, 0.2) is 5.82 Å². The van der Waals surface area contributed by atoms with Crippen LogP contribution < -0.4 is 5.32 Å². The van der Waals surface area contributed by atoms with Crippen LogP contribution in [0.25, 0.3) is 33.1 Å². The van der Waals surface area contributed by atoms with E-state index in [0.717, 1.165) is 32.9 Å². The normalized spacial score (nSPS) is 11.1. The molecule has 5 aromatic rings. The maximum Gasteiger partial charge on any atom is 0.163 e. The lowest BCUT2D eigenvalue weighted by Gasteiger charge is -2.13. The van der Waals surface area contributed by atoms with Crippen molar-refractivity contribution in [1.82, 2.24) is 25.1 Å². The zero-order valence-electron chi connectivity index (χ0n) is 14.0. The summed E-state index contributed by atoms with van der Waals surface area (Å²) < 4.78 is 13.2. The molecule has 27 heavy (non-hydrogen) atoms. The first-order chi connectivity index (χ1) is 13.3. The van der Waals surface area contributed by atoms with Crippen LogP contribution in [0.15, 0.2) is 67.3 Å². The van der Waals surface area contributed by atoms with Crippen molar-refractivity contribution in [2.24, 2.45) is 0 Å². The first-order valence-corrected chi connectivity index (χ1v) is 8.35. The summed E-state index contributed by atoms with van der Waals surface area (Å²) in [6.07, 6.45) is 5.08. The van der Waals surface area contributed by atoms with E-state index in [1.165, 1.54) is 18.5 Å². The number of fused-ring (bicyclic) bond motifs is 3. The molecule has 0 fully saturated rings. The maximum absolute atomic E-state index is 13.2. The number of pyridine rings is 2. The molecule has 2 N–H and O–H groups in total. The van der Waals surface area contributed by atoms with Gasteiger partial charge in [-0.1, -0.05) is 12.1 Å². The van der Waals surface area contributed by atoms with E-state index < -0.39 is 0 Å². The molecule has 0 radical (unpaired) electrons. The number of nitrogens with zero attached hydrogens (tertiary/aromatic N) is 4. The van der Waals surface area contributed by atoms with Crippen LogP contribution in [-0.2, 0) is 0 Å². The fraction of sp³-hybridized carbons (Fsp3) is 0. The number of H-pyrrole nitrogens is 1. The molecular formula is C20H13FN6. The van der Waals surface area contributed by atoms with Gasteiger partial charge in [0.25, 0.3) is 0 Å². The predicted molar refractivity (Wildman–Crippen MR) is 102 cm³/mol. The van der Waals surface area contributed by atoms with Gasteiger partial charge in [-0.2, -0.15) is 0 Å². The SMILES string of the molecule is Fc1ccc(Nc2nc3c(-c4nnc[nH]4)cccc3c3cnccc23)cc1. The summed E-state index contributed by atoms with van der Waals surface area (Å²) in [5, 5.41) is 14.1. The smallest absolute Gasteiger partial charge is 0.163 e. The van der Waals surface area contributed by atoms with Crippen LogP contribution in [0.5, 0.6) is 0 Å². The summed E-state index contributed by atoms with van der Waals surface area (Å²) in [6, 6.07) is 14.0. The Bertz CT molecular complexity index is 1250. The highest BCUT2D eigenvalue weighted by Crippen LogP contribution is 2.34. The third kappa shape index (κ3) is 2.65. The summed E-state index contributed by atoms with van der Waals surface area (Å²) >= 11 is 0. The zero-order chi connectivity index (χ0) is 18.2.